The molecule has 0 amide bonds. The van der Waals surface area contributed by atoms with Crippen molar-refractivity contribution in [3.63, 3.8) is 0 Å². The highest BCUT2D eigenvalue weighted by molar-refractivity contribution is 6.14. The molecule has 2 unspecified atom stereocenters. The molecule has 1 aliphatic heterocycles. The van der Waals surface area contributed by atoms with Crippen LogP contribution in [0.5, 0.6) is 0 Å². The van der Waals surface area contributed by atoms with Crippen molar-refractivity contribution in [3.8, 4) is 0 Å². The van der Waals surface area contributed by atoms with Crippen LogP contribution >= 0.6 is 0 Å². The third kappa shape index (κ3) is 4.04. The molecule has 3 aromatic heterocycles. The molecule has 4 aromatic rings. The molecule has 0 radical (unpaired) electrons. The van der Waals surface area contributed by atoms with Gasteiger partial charge in [0.25, 0.3) is 0 Å². The second-order valence-corrected chi connectivity index (χ2v) is 8.63. The van der Waals surface area contributed by atoms with Gasteiger partial charge in [0, 0.05) is 37.3 Å². The SMILES string of the molecule is CCCC1CC(N)CCN1c1nc(Nc2cccnc2)nc2[nH]c3c(NC)cc(F)cc3c12. The normalized spacial score (nSPS) is 18.7. The number of H-pyrrole nitrogens is 1. The van der Waals surface area contributed by atoms with Crippen molar-refractivity contribution < 1.29 is 4.39 Å². The fourth-order valence-corrected chi connectivity index (χ4v) is 4.84. The molecule has 172 valence electrons. The maximum Gasteiger partial charge on any atom is 0.231 e. The molecule has 33 heavy (non-hydrogen) atoms. The Hall–Kier alpha value is -3.46. The standard InChI is InChI=1S/C24H29FN8/c1-3-5-17-12-15(26)7-9-33(17)23-20-18-10-14(25)11-19(27-2)21(18)30-22(20)31-24(32-23)29-16-6-4-8-28-13-16/h4,6,8,10-11,13,15,17,27H,3,5,7,9,12,26H2,1-2H3,(H2,29,30,31,32). The number of aromatic amines is 1. The Balaban J connectivity index is 1.73. The fourth-order valence-electron chi connectivity index (χ4n) is 4.84. The van der Waals surface area contributed by atoms with E-state index in [4.69, 9.17) is 15.7 Å². The number of piperidine rings is 1. The van der Waals surface area contributed by atoms with Crippen LogP contribution in [0, 0.1) is 5.82 Å². The largest absolute Gasteiger partial charge is 0.386 e. The van der Waals surface area contributed by atoms with Gasteiger partial charge in [-0.15, -0.1) is 0 Å². The van der Waals surface area contributed by atoms with Gasteiger partial charge in [0.05, 0.1) is 28.5 Å². The lowest BCUT2D eigenvalue weighted by atomic mass is 9.94. The average molecular weight is 449 g/mol. The van der Waals surface area contributed by atoms with Crippen molar-refractivity contribution in [2.24, 2.45) is 5.73 Å². The number of nitrogens with one attached hydrogen (secondary N) is 3. The monoisotopic (exact) mass is 448 g/mol. The Labute approximate surface area is 191 Å². The molecule has 1 fully saturated rings. The van der Waals surface area contributed by atoms with Gasteiger partial charge in [-0.25, -0.2) is 4.39 Å². The van der Waals surface area contributed by atoms with Gasteiger partial charge in [0.15, 0.2) is 0 Å². The molecule has 0 spiro atoms. The van der Waals surface area contributed by atoms with E-state index in [0.717, 1.165) is 60.0 Å². The number of aromatic nitrogens is 4. The van der Waals surface area contributed by atoms with Crippen molar-refractivity contribution in [1.82, 2.24) is 19.9 Å². The summed E-state index contributed by atoms with van der Waals surface area (Å²) in [5.41, 5.74) is 9.28. The molecule has 9 heteroatoms. The first-order valence-electron chi connectivity index (χ1n) is 11.5. The highest BCUT2D eigenvalue weighted by Gasteiger charge is 2.30. The number of anilines is 4. The first kappa shape index (κ1) is 21.4. The summed E-state index contributed by atoms with van der Waals surface area (Å²) < 4.78 is 14.5. The van der Waals surface area contributed by atoms with E-state index in [0.29, 0.717) is 17.3 Å². The number of fused-ring (bicyclic) bond motifs is 3. The second-order valence-electron chi connectivity index (χ2n) is 8.63. The fraction of sp³-hybridized carbons (Fsp3) is 0.375. The number of rotatable bonds is 6. The average Bonchev–Trinajstić information content (AvgIpc) is 3.17. The van der Waals surface area contributed by atoms with E-state index >= 15 is 0 Å². The smallest absolute Gasteiger partial charge is 0.231 e. The van der Waals surface area contributed by atoms with Gasteiger partial charge in [0.1, 0.15) is 17.3 Å². The van der Waals surface area contributed by atoms with Crippen LogP contribution in [0.4, 0.5) is 27.5 Å². The number of hydrogen-bond donors (Lipinski definition) is 4. The van der Waals surface area contributed by atoms with Crippen LogP contribution in [-0.4, -0.2) is 45.6 Å². The molecule has 0 saturated carbocycles. The number of nitrogens with zero attached hydrogens (tertiary/aromatic N) is 4. The molecule has 4 heterocycles. The maximum atomic E-state index is 14.5. The Morgan fingerprint density at radius 3 is 2.94 bits per heavy atom. The van der Waals surface area contributed by atoms with E-state index in [1.165, 1.54) is 6.07 Å². The van der Waals surface area contributed by atoms with E-state index in [1.807, 2.05) is 12.1 Å². The lowest BCUT2D eigenvalue weighted by Gasteiger charge is -2.39. The van der Waals surface area contributed by atoms with E-state index in [9.17, 15) is 4.39 Å². The van der Waals surface area contributed by atoms with Crippen LogP contribution in [0.1, 0.15) is 32.6 Å². The Kier molecular flexibility index (Phi) is 5.72. The van der Waals surface area contributed by atoms with Crippen molar-refractivity contribution >= 4 is 45.1 Å². The summed E-state index contributed by atoms with van der Waals surface area (Å²) in [7, 11) is 1.78. The zero-order valence-electron chi connectivity index (χ0n) is 18.9. The Morgan fingerprint density at radius 2 is 2.18 bits per heavy atom. The minimum Gasteiger partial charge on any atom is -0.386 e. The quantitative estimate of drug-likeness (QED) is 0.343. The third-order valence-electron chi connectivity index (χ3n) is 6.34. The van der Waals surface area contributed by atoms with Crippen LogP contribution in [-0.2, 0) is 0 Å². The van der Waals surface area contributed by atoms with Gasteiger partial charge in [-0.05, 0) is 43.5 Å². The van der Waals surface area contributed by atoms with E-state index < -0.39 is 0 Å². The number of benzene rings is 1. The minimum atomic E-state index is -0.304. The van der Waals surface area contributed by atoms with Gasteiger partial charge in [-0.3, -0.25) is 4.98 Å². The summed E-state index contributed by atoms with van der Waals surface area (Å²) in [5, 5.41) is 7.95. The molecule has 0 aliphatic carbocycles. The van der Waals surface area contributed by atoms with Gasteiger partial charge in [-0.2, -0.15) is 9.97 Å². The van der Waals surface area contributed by atoms with E-state index in [1.54, 1.807) is 25.5 Å². The zero-order chi connectivity index (χ0) is 22.9. The van der Waals surface area contributed by atoms with Crippen LogP contribution in [0.2, 0.25) is 0 Å². The predicted octanol–water partition coefficient (Wildman–Crippen LogP) is 4.53. The third-order valence-corrected chi connectivity index (χ3v) is 6.34. The van der Waals surface area contributed by atoms with E-state index in [-0.39, 0.29) is 17.9 Å². The molecule has 0 bridgehead atoms. The molecule has 1 aliphatic rings. The maximum absolute atomic E-state index is 14.5. The van der Waals surface area contributed by atoms with Gasteiger partial charge in [0.2, 0.25) is 5.95 Å². The molecule has 2 atom stereocenters. The molecule has 1 aromatic carbocycles. The highest BCUT2D eigenvalue weighted by Crippen LogP contribution is 2.38. The molecular weight excluding hydrogens is 419 g/mol. The van der Waals surface area contributed by atoms with Crippen LogP contribution < -0.4 is 21.3 Å². The summed E-state index contributed by atoms with van der Waals surface area (Å²) in [6.07, 6.45) is 7.31. The van der Waals surface area contributed by atoms with Gasteiger partial charge < -0.3 is 26.3 Å². The molecule has 5 N–H and O–H groups in total. The van der Waals surface area contributed by atoms with Crippen molar-refractivity contribution in [2.45, 2.75) is 44.7 Å². The molecule has 5 rings (SSSR count). The lowest BCUT2D eigenvalue weighted by Crippen LogP contribution is -2.47. The van der Waals surface area contributed by atoms with Gasteiger partial charge in [-0.1, -0.05) is 13.3 Å². The van der Waals surface area contributed by atoms with Gasteiger partial charge >= 0.3 is 0 Å². The summed E-state index contributed by atoms with van der Waals surface area (Å²) in [4.78, 5) is 19.6. The van der Waals surface area contributed by atoms with Crippen LogP contribution in [0.3, 0.4) is 0 Å². The molecule has 1 saturated heterocycles. The first-order chi connectivity index (χ1) is 16.1. The summed E-state index contributed by atoms with van der Waals surface area (Å²) in [6, 6.07) is 7.26. The van der Waals surface area contributed by atoms with Crippen LogP contribution in [0.15, 0.2) is 36.7 Å². The number of nitrogens with two attached hydrogens (primary N) is 1. The van der Waals surface area contributed by atoms with E-state index in [2.05, 4.69) is 32.4 Å². The molecular formula is C24H29FN8. The number of hydrogen-bond acceptors (Lipinski definition) is 7. The summed E-state index contributed by atoms with van der Waals surface area (Å²) in [5.74, 6) is 0.964. The number of pyridine rings is 1. The highest BCUT2D eigenvalue weighted by atomic mass is 19.1. The second kappa shape index (κ2) is 8.82. The Morgan fingerprint density at radius 1 is 1.30 bits per heavy atom. The lowest BCUT2D eigenvalue weighted by molar-refractivity contribution is 0.391. The topological polar surface area (TPSA) is 108 Å². The minimum absolute atomic E-state index is 0.180. The van der Waals surface area contributed by atoms with Crippen molar-refractivity contribution in [2.75, 3.05) is 29.1 Å². The predicted molar refractivity (Wildman–Crippen MR) is 132 cm³/mol. The van der Waals surface area contributed by atoms with Crippen molar-refractivity contribution in [3.05, 3.63) is 42.5 Å². The number of halogens is 1. The van der Waals surface area contributed by atoms with Crippen molar-refractivity contribution in [1.29, 1.82) is 0 Å². The first-order valence-corrected chi connectivity index (χ1v) is 11.5. The summed E-state index contributed by atoms with van der Waals surface area (Å²) in [6.45, 7) is 2.98. The zero-order valence-corrected chi connectivity index (χ0v) is 18.9. The molecule has 8 nitrogen and oxygen atoms in total. The summed E-state index contributed by atoms with van der Waals surface area (Å²) >= 11 is 0. The van der Waals surface area contributed by atoms with Crippen LogP contribution in [0.25, 0.3) is 21.9 Å². The Bertz CT molecular complexity index is 1270.